The molecule has 0 spiro atoms. The maximum absolute atomic E-state index is 12.8. The highest BCUT2D eigenvalue weighted by molar-refractivity contribution is 5.95. The fraction of sp³-hybridized carbons (Fsp3) is 0.650. The molecule has 35 heavy (non-hydrogen) atoms. The first kappa shape index (κ1) is 31.2. The molecule has 0 saturated carbocycles. The Hall–Kier alpha value is -3.75. The van der Waals surface area contributed by atoms with Gasteiger partial charge < -0.3 is 42.7 Å². The first-order valence-electron chi connectivity index (χ1n) is 10.7. The fourth-order valence-corrected chi connectivity index (χ4v) is 2.89. The van der Waals surface area contributed by atoms with Gasteiger partial charge in [-0.3, -0.25) is 28.8 Å². The summed E-state index contributed by atoms with van der Waals surface area (Å²) in [6.45, 7) is 3.45. The Kier molecular flexibility index (Phi) is 13.6. The van der Waals surface area contributed by atoms with Gasteiger partial charge in [-0.05, 0) is 25.2 Å². The van der Waals surface area contributed by atoms with E-state index >= 15 is 0 Å². The number of carbonyl (C=O) groups excluding carboxylic acids is 4. The molecule has 0 aromatic rings. The second-order valence-corrected chi connectivity index (χ2v) is 8.29. The first-order chi connectivity index (χ1) is 16.1. The van der Waals surface area contributed by atoms with Gasteiger partial charge in [0.2, 0.25) is 23.6 Å². The molecule has 0 aliphatic heterocycles. The average Bonchev–Trinajstić information content (AvgIpc) is 2.71. The highest BCUT2D eigenvalue weighted by Crippen LogP contribution is 2.09. The minimum Gasteiger partial charge on any atom is -0.481 e. The van der Waals surface area contributed by atoms with Gasteiger partial charge in [0.1, 0.15) is 18.1 Å². The smallest absolute Gasteiger partial charge is 0.326 e. The van der Waals surface area contributed by atoms with Crippen molar-refractivity contribution in [3.05, 3.63) is 0 Å². The number of aliphatic carboxylic acids is 3. The summed E-state index contributed by atoms with van der Waals surface area (Å²) in [7, 11) is 0. The highest BCUT2D eigenvalue weighted by Gasteiger charge is 2.31. The maximum Gasteiger partial charge on any atom is 0.326 e. The number of nitrogens with two attached hydrogens (primary N) is 2. The summed E-state index contributed by atoms with van der Waals surface area (Å²) in [6, 6.07) is -5.71. The van der Waals surface area contributed by atoms with Gasteiger partial charge >= 0.3 is 17.9 Å². The monoisotopic (exact) mass is 503 g/mol. The third kappa shape index (κ3) is 13.5. The SMILES string of the molecule is CC(C)CC(NC(=O)C(CCC(=O)O)NC(=O)C(N)CC(=O)O)C(=O)NC(CCC(N)=O)C(=O)O. The van der Waals surface area contributed by atoms with Crippen LogP contribution in [0.4, 0.5) is 0 Å². The van der Waals surface area contributed by atoms with Crippen molar-refractivity contribution in [3.63, 3.8) is 0 Å². The number of carbonyl (C=O) groups is 7. The lowest BCUT2D eigenvalue weighted by molar-refractivity contribution is -0.142. The second kappa shape index (κ2) is 15.2. The van der Waals surface area contributed by atoms with Crippen LogP contribution >= 0.6 is 0 Å². The minimum atomic E-state index is -1.51. The quantitative estimate of drug-likeness (QED) is 0.103. The molecule has 0 bridgehead atoms. The molecular weight excluding hydrogens is 470 g/mol. The Morgan fingerprint density at radius 2 is 1.20 bits per heavy atom. The molecule has 15 nitrogen and oxygen atoms in total. The van der Waals surface area contributed by atoms with E-state index in [0.29, 0.717) is 0 Å². The molecule has 15 heteroatoms. The van der Waals surface area contributed by atoms with E-state index in [9.17, 15) is 38.7 Å². The molecule has 0 radical (unpaired) electrons. The third-order valence-electron chi connectivity index (χ3n) is 4.65. The molecule has 0 rings (SSSR count). The zero-order chi connectivity index (χ0) is 27.3. The summed E-state index contributed by atoms with van der Waals surface area (Å²) < 4.78 is 0. The number of carboxylic acids is 3. The van der Waals surface area contributed by atoms with E-state index < -0.39 is 78.5 Å². The van der Waals surface area contributed by atoms with Gasteiger partial charge in [-0.1, -0.05) is 13.8 Å². The van der Waals surface area contributed by atoms with Crippen LogP contribution in [0.3, 0.4) is 0 Å². The number of hydrogen-bond donors (Lipinski definition) is 8. The Morgan fingerprint density at radius 3 is 1.66 bits per heavy atom. The number of nitrogens with one attached hydrogen (secondary N) is 3. The Bertz CT molecular complexity index is 816. The third-order valence-corrected chi connectivity index (χ3v) is 4.65. The number of amides is 4. The van der Waals surface area contributed by atoms with Gasteiger partial charge in [-0.15, -0.1) is 0 Å². The Balaban J connectivity index is 5.58. The van der Waals surface area contributed by atoms with Crippen molar-refractivity contribution in [1.82, 2.24) is 16.0 Å². The second-order valence-electron chi connectivity index (χ2n) is 8.29. The van der Waals surface area contributed by atoms with E-state index in [0.717, 1.165) is 0 Å². The summed E-state index contributed by atoms with van der Waals surface area (Å²) in [4.78, 5) is 81.9. The van der Waals surface area contributed by atoms with Gasteiger partial charge in [0.05, 0.1) is 12.5 Å². The topological polar surface area (TPSA) is 268 Å². The van der Waals surface area contributed by atoms with E-state index in [1.807, 2.05) is 0 Å². The van der Waals surface area contributed by atoms with Crippen LogP contribution < -0.4 is 27.4 Å². The van der Waals surface area contributed by atoms with Crippen molar-refractivity contribution in [2.75, 3.05) is 0 Å². The standard InChI is InChI=1S/C20H33N5O10/c1-9(2)7-13(19(33)24-12(20(34)35)3-5-14(22)26)25-18(32)11(4-6-15(27)28)23-17(31)10(21)8-16(29)30/h9-13H,3-8,21H2,1-2H3,(H2,22,26)(H,23,31)(H,24,33)(H,25,32)(H,27,28)(H,29,30)(H,34,35). The lowest BCUT2D eigenvalue weighted by atomic mass is 10.0. The van der Waals surface area contributed by atoms with Crippen LogP contribution in [-0.2, 0) is 33.6 Å². The lowest BCUT2D eigenvalue weighted by Crippen LogP contribution is -2.57. The number of primary amides is 1. The van der Waals surface area contributed by atoms with Gasteiger partial charge in [0.15, 0.2) is 0 Å². The zero-order valence-electron chi connectivity index (χ0n) is 19.5. The highest BCUT2D eigenvalue weighted by atomic mass is 16.4. The van der Waals surface area contributed by atoms with Gasteiger partial charge in [0.25, 0.3) is 0 Å². The molecular formula is C20H33N5O10. The fourth-order valence-electron chi connectivity index (χ4n) is 2.89. The van der Waals surface area contributed by atoms with Crippen molar-refractivity contribution in [2.45, 2.75) is 76.5 Å². The van der Waals surface area contributed by atoms with Gasteiger partial charge in [-0.2, -0.15) is 0 Å². The van der Waals surface area contributed by atoms with Crippen molar-refractivity contribution in [1.29, 1.82) is 0 Å². The molecule has 0 aliphatic carbocycles. The minimum absolute atomic E-state index is 0.0534. The van der Waals surface area contributed by atoms with Gasteiger partial charge in [0, 0.05) is 12.8 Å². The zero-order valence-corrected chi connectivity index (χ0v) is 19.5. The van der Waals surface area contributed by atoms with Crippen LogP contribution in [0, 0.1) is 5.92 Å². The van der Waals surface area contributed by atoms with Crippen LogP contribution in [0.2, 0.25) is 0 Å². The number of rotatable bonds is 17. The van der Waals surface area contributed by atoms with Crippen LogP contribution in [0.1, 0.15) is 52.4 Å². The van der Waals surface area contributed by atoms with Crippen molar-refractivity contribution >= 4 is 41.5 Å². The van der Waals surface area contributed by atoms with Gasteiger partial charge in [-0.25, -0.2) is 4.79 Å². The number of hydrogen-bond acceptors (Lipinski definition) is 8. The summed E-state index contributed by atoms with van der Waals surface area (Å²) in [6.07, 6.45) is -2.20. The van der Waals surface area contributed by atoms with E-state index in [-0.39, 0.29) is 31.6 Å². The van der Waals surface area contributed by atoms with Crippen molar-refractivity contribution < 1.29 is 48.9 Å². The predicted octanol–water partition coefficient (Wildman–Crippen LogP) is -2.50. The molecule has 0 fully saturated rings. The summed E-state index contributed by atoms with van der Waals surface area (Å²) >= 11 is 0. The largest absolute Gasteiger partial charge is 0.481 e. The molecule has 0 heterocycles. The van der Waals surface area contributed by atoms with Crippen LogP contribution in [0.25, 0.3) is 0 Å². The van der Waals surface area contributed by atoms with Crippen LogP contribution in [0.5, 0.6) is 0 Å². The van der Waals surface area contributed by atoms with Crippen molar-refractivity contribution in [3.8, 4) is 0 Å². The Morgan fingerprint density at radius 1 is 0.714 bits per heavy atom. The Labute approximate surface area is 201 Å². The summed E-state index contributed by atoms with van der Waals surface area (Å²) in [5.41, 5.74) is 10.5. The van der Waals surface area contributed by atoms with Crippen LogP contribution in [-0.4, -0.2) is 81.0 Å². The molecule has 4 unspecified atom stereocenters. The van der Waals surface area contributed by atoms with E-state index in [1.165, 1.54) is 0 Å². The molecule has 198 valence electrons. The molecule has 0 aliphatic rings. The van der Waals surface area contributed by atoms with E-state index in [2.05, 4.69) is 16.0 Å². The predicted molar refractivity (Wildman–Crippen MR) is 118 cm³/mol. The molecule has 0 saturated heterocycles. The molecule has 4 atom stereocenters. The summed E-state index contributed by atoms with van der Waals surface area (Å²) in [5.74, 6) is -7.83. The molecule has 0 aromatic carbocycles. The number of carboxylic acid groups (broad SMARTS) is 3. The lowest BCUT2D eigenvalue weighted by Gasteiger charge is -2.26. The van der Waals surface area contributed by atoms with E-state index in [4.69, 9.17) is 21.7 Å². The molecule has 4 amide bonds. The van der Waals surface area contributed by atoms with E-state index in [1.54, 1.807) is 13.8 Å². The van der Waals surface area contributed by atoms with Crippen molar-refractivity contribution in [2.24, 2.45) is 17.4 Å². The molecule has 10 N–H and O–H groups in total. The average molecular weight is 504 g/mol. The summed E-state index contributed by atoms with van der Waals surface area (Å²) in [5, 5.41) is 33.8. The molecule has 0 aromatic heterocycles. The first-order valence-corrected chi connectivity index (χ1v) is 10.7. The maximum atomic E-state index is 12.8. The van der Waals surface area contributed by atoms with Crippen LogP contribution in [0.15, 0.2) is 0 Å². The normalized spacial score (nSPS) is 14.2.